The molecule has 22 heavy (non-hydrogen) atoms. The number of fused-ring (bicyclic) bond motifs is 1. The zero-order valence-electron chi connectivity index (χ0n) is 12.2. The Kier molecular flexibility index (Phi) is 3.00. The lowest BCUT2D eigenvalue weighted by atomic mass is 10.0. The van der Waals surface area contributed by atoms with Crippen LogP contribution in [0.15, 0.2) is 71.7 Å². The van der Waals surface area contributed by atoms with Crippen molar-refractivity contribution in [2.75, 3.05) is 0 Å². The summed E-state index contributed by atoms with van der Waals surface area (Å²) in [6.45, 7) is 2.08. The summed E-state index contributed by atoms with van der Waals surface area (Å²) >= 11 is 0. The topological polar surface area (TPSA) is 43.9 Å². The average Bonchev–Trinajstić information content (AvgIpc) is 3.19. The first-order valence-corrected chi connectivity index (χ1v) is 7.20. The Labute approximate surface area is 128 Å². The second-order valence-electron chi connectivity index (χ2n) is 5.38. The van der Waals surface area contributed by atoms with Gasteiger partial charge in [-0.05, 0) is 24.6 Å². The summed E-state index contributed by atoms with van der Waals surface area (Å²) in [5.74, 6) is 0.857. The van der Waals surface area contributed by atoms with Gasteiger partial charge >= 0.3 is 0 Å². The van der Waals surface area contributed by atoms with Crippen LogP contribution in [0.5, 0.6) is 0 Å². The zero-order valence-corrected chi connectivity index (χ0v) is 12.2. The number of para-hydroxylation sites is 1. The third-order valence-corrected chi connectivity index (χ3v) is 3.81. The summed E-state index contributed by atoms with van der Waals surface area (Å²) in [5.41, 5.74) is 3.23. The van der Waals surface area contributed by atoms with Crippen molar-refractivity contribution in [3.8, 4) is 0 Å². The van der Waals surface area contributed by atoms with Crippen LogP contribution in [0.3, 0.4) is 0 Å². The molecule has 0 aliphatic carbocycles. The number of rotatable bonds is 3. The minimum absolute atomic E-state index is 0.115. The summed E-state index contributed by atoms with van der Waals surface area (Å²) in [4.78, 5) is 4.08. The summed E-state index contributed by atoms with van der Waals surface area (Å²) in [6, 6.07) is 18.4. The van der Waals surface area contributed by atoms with E-state index in [2.05, 4.69) is 53.4 Å². The summed E-state index contributed by atoms with van der Waals surface area (Å²) in [6.07, 6.45) is 3.27. The van der Waals surface area contributed by atoms with Crippen LogP contribution in [-0.2, 0) is 0 Å². The van der Waals surface area contributed by atoms with E-state index in [1.165, 1.54) is 5.56 Å². The molecule has 0 spiro atoms. The van der Waals surface area contributed by atoms with E-state index in [1.807, 2.05) is 22.9 Å². The molecule has 2 heterocycles. The van der Waals surface area contributed by atoms with Crippen LogP contribution in [0.2, 0.25) is 0 Å². The van der Waals surface area contributed by atoms with Crippen molar-refractivity contribution in [2.45, 2.75) is 13.0 Å². The first-order valence-electron chi connectivity index (χ1n) is 7.20. The van der Waals surface area contributed by atoms with E-state index >= 15 is 0 Å². The van der Waals surface area contributed by atoms with E-state index in [4.69, 9.17) is 4.42 Å². The van der Waals surface area contributed by atoms with Crippen molar-refractivity contribution in [1.29, 1.82) is 0 Å². The maximum absolute atomic E-state index is 6.05. The first-order chi connectivity index (χ1) is 10.8. The first kappa shape index (κ1) is 12.8. The summed E-state index contributed by atoms with van der Waals surface area (Å²) in [5, 5.41) is 5.40. The molecule has 0 saturated carbocycles. The Bertz CT molecular complexity index is 859. The molecule has 0 saturated heterocycles. The highest BCUT2D eigenvalue weighted by atomic mass is 16.3. The molecule has 108 valence electrons. The highest BCUT2D eigenvalue weighted by Gasteiger charge is 2.21. The number of hydrogen-bond acceptors (Lipinski definition) is 3. The van der Waals surface area contributed by atoms with E-state index < -0.39 is 0 Å². The molecule has 0 radical (unpaired) electrons. The molecule has 4 nitrogen and oxygen atoms in total. The van der Waals surface area contributed by atoms with E-state index in [9.17, 15) is 0 Å². The van der Waals surface area contributed by atoms with Crippen molar-refractivity contribution in [3.63, 3.8) is 0 Å². The van der Waals surface area contributed by atoms with Gasteiger partial charge in [-0.1, -0.05) is 48.0 Å². The Morgan fingerprint density at radius 1 is 1.05 bits per heavy atom. The van der Waals surface area contributed by atoms with Crippen LogP contribution in [-0.4, -0.2) is 14.8 Å². The Balaban J connectivity index is 1.88. The fourth-order valence-corrected chi connectivity index (χ4v) is 2.68. The van der Waals surface area contributed by atoms with Crippen LogP contribution in [0.25, 0.3) is 11.0 Å². The minimum atomic E-state index is -0.115. The molecule has 4 rings (SSSR count). The Morgan fingerprint density at radius 3 is 2.59 bits per heavy atom. The van der Waals surface area contributed by atoms with Gasteiger partial charge in [-0.2, -0.15) is 5.10 Å². The van der Waals surface area contributed by atoms with Gasteiger partial charge in [0.25, 0.3) is 0 Å². The number of aryl methyl sites for hydroxylation is 1. The predicted molar refractivity (Wildman–Crippen MR) is 84.7 cm³/mol. The molecule has 0 fully saturated rings. The number of benzene rings is 2. The second kappa shape index (κ2) is 5.15. The molecule has 4 aromatic rings. The highest BCUT2D eigenvalue weighted by Crippen LogP contribution is 2.30. The van der Waals surface area contributed by atoms with E-state index in [0.29, 0.717) is 0 Å². The molecular weight excluding hydrogens is 274 g/mol. The molecule has 2 aromatic heterocycles. The average molecular weight is 289 g/mol. The molecular formula is C18H15N3O. The minimum Gasteiger partial charge on any atom is -0.458 e. The number of furan rings is 1. The smallest absolute Gasteiger partial charge is 0.137 e. The van der Waals surface area contributed by atoms with Gasteiger partial charge in [0.2, 0.25) is 0 Å². The lowest BCUT2D eigenvalue weighted by molar-refractivity contribution is 0.463. The van der Waals surface area contributed by atoms with Crippen molar-refractivity contribution < 1.29 is 4.42 Å². The van der Waals surface area contributed by atoms with Crippen LogP contribution in [0, 0.1) is 6.92 Å². The highest BCUT2D eigenvalue weighted by molar-refractivity contribution is 5.78. The number of aromatic nitrogens is 3. The van der Waals surface area contributed by atoms with Crippen LogP contribution in [0.4, 0.5) is 0 Å². The van der Waals surface area contributed by atoms with Gasteiger partial charge in [0.15, 0.2) is 0 Å². The van der Waals surface area contributed by atoms with Gasteiger partial charge in [-0.25, -0.2) is 9.67 Å². The van der Waals surface area contributed by atoms with Gasteiger partial charge in [-0.15, -0.1) is 0 Å². The predicted octanol–water partition coefficient (Wildman–Crippen LogP) is 3.97. The number of hydrogen-bond donors (Lipinski definition) is 0. The molecule has 2 aromatic carbocycles. The van der Waals surface area contributed by atoms with Crippen molar-refractivity contribution in [1.82, 2.24) is 14.8 Å². The van der Waals surface area contributed by atoms with Crippen LogP contribution >= 0.6 is 0 Å². The largest absolute Gasteiger partial charge is 0.458 e. The SMILES string of the molecule is Cc1ccc(C(c2cc3ccccc3o2)n2cncn2)cc1. The van der Waals surface area contributed by atoms with Gasteiger partial charge < -0.3 is 4.42 Å². The molecule has 0 aliphatic rings. The van der Waals surface area contributed by atoms with Crippen molar-refractivity contribution in [2.24, 2.45) is 0 Å². The maximum atomic E-state index is 6.05. The monoisotopic (exact) mass is 289 g/mol. The van der Waals surface area contributed by atoms with Crippen molar-refractivity contribution >= 4 is 11.0 Å². The Hall–Kier alpha value is -2.88. The standard InChI is InChI=1S/C18H15N3O/c1-13-6-8-14(9-7-13)18(21-12-19-11-20-21)17-10-15-4-2-3-5-16(15)22-17/h2-12,18H,1H3. The van der Waals surface area contributed by atoms with Gasteiger partial charge in [0, 0.05) is 5.39 Å². The molecule has 1 atom stereocenters. The Morgan fingerprint density at radius 2 is 1.86 bits per heavy atom. The van der Waals surface area contributed by atoms with Gasteiger partial charge in [0.1, 0.15) is 30.0 Å². The third-order valence-electron chi connectivity index (χ3n) is 3.81. The maximum Gasteiger partial charge on any atom is 0.137 e. The zero-order chi connectivity index (χ0) is 14.9. The van der Waals surface area contributed by atoms with Gasteiger partial charge in [0.05, 0.1) is 0 Å². The molecule has 0 aliphatic heterocycles. The van der Waals surface area contributed by atoms with E-state index in [1.54, 1.807) is 12.7 Å². The van der Waals surface area contributed by atoms with Crippen LogP contribution in [0.1, 0.15) is 22.9 Å². The van der Waals surface area contributed by atoms with Crippen LogP contribution < -0.4 is 0 Å². The molecule has 0 amide bonds. The van der Waals surface area contributed by atoms with E-state index in [0.717, 1.165) is 22.3 Å². The molecule has 0 bridgehead atoms. The molecule has 0 N–H and O–H groups in total. The fraction of sp³-hybridized carbons (Fsp3) is 0.111. The number of nitrogens with zero attached hydrogens (tertiary/aromatic N) is 3. The fourth-order valence-electron chi connectivity index (χ4n) is 2.68. The lowest BCUT2D eigenvalue weighted by Crippen LogP contribution is -2.12. The summed E-state index contributed by atoms with van der Waals surface area (Å²) < 4.78 is 7.87. The van der Waals surface area contributed by atoms with E-state index in [-0.39, 0.29) is 6.04 Å². The quantitative estimate of drug-likeness (QED) is 0.573. The third kappa shape index (κ3) is 2.19. The second-order valence-corrected chi connectivity index (χ2v) is 5.38. The summed E-state index contributed by atoms with van der Waals surface area (Å²) in [7, 11) is 0. The molecule has 4 heteroatoms. The van der Waals surface area contributed by atoms with Gasteiger partial charge in [-0.3, -0.25) is 0 Å². The normalized spacial score (nSPS) is 12.6. The van der Waals surface area contributed by atoms with Crippen molar-refractivity contribution in [3.05, 3.63) is 84.1 Å². The molecule has 1 unspecified atom stereocenters. The lowest BCUT2D eigenvalue weighted by Gasteiger charge is -2.15.